The van der Waals surface area contributed by atoms with Crippen LogP contribution in [-0.2, 0) is 6.61 Å². The topological polar surface area (TPSA) is 63.5 Å². The first-order valence-corrected chi connectivity index (χ1v) is 9.24. The maximum Gasteiger partial charge on any atom is 0.339 e. The quantitative estimate of drug-likeness (QED) is 0.837. The molecular formula is C16H18FN5O2S. The van der Waals surface area contributed by atoms with E-state index >= 15 is 0 Å². The van der Waals surface area contributed by atoms with Crippen LogP contribution in [0.4, 0.5) is 9.18 Å². The van der Waals surface area contributed by atoms with E-state index in [0.29, 0.717) is 17.5 Å². The van der Waals surface area contributed by atoms with Crippen molar-refractivity contribution in [1.29, 1.82) is 0 Å². The Hall–Kier alpha value is -2.29. The monoisotopic (exact) mass is 363 g/mol. The third kappa shape index (κ3) is 3.15. The first-order chi connectivity index (χ1) is 12.2. The highest BCUT2D eigenvalue weighted by atomic mass is 32.2. The van der Waals surface area contributed by atoms with Crippen molar-refractivity contribution in [1.82, 2.24) is 19.8 Å². The van der Waals surface area contributed by atoms with Crippen LogP contribution in [0.15, 0.2) is 29.4 Å². The molecule has 132 valence electrons. The fourth-order valence-electron chi connectivity index (χ4n) is 3.00. The molecule has 1 fully saturated rings. The number of amides is 2. The number of rotatable bonds is 3. The molecule has 0 bridgehead atoms. The number of hydrogen-bond acceptors (Lipinski definition) is 5. The lowest BCUT2D eigenvalue weighted by Gasteiger charge is -2.32. The number of likely N-dealkylation sites (tertiary alicyclic amines) is 1. The molecule has 4 rings (SSSR count). The van der Waals surface area contributed by atoms with Crippen molar-refractivity contribution in [3.8, 4) is 5.75 Å². The molecule has 0 N–H and O–H groups in total. The van der Waals surface area contributed by atoms with Crippen LogP contribution in [0.5, 0.6) is 5.75 Å². The number of fused-ring (bicyclic) bond motifs is 1. The van der Waals surface area contributed by atoms with E-state index < -0.39 is 5.82 Å². The zero-order valence-electron chi connectivity index (χ0n) is 13.6. The molecule has 25 heavy (non-hydrogen) atoms. The molecular weight excluding hydrogens is 345 g/mol. The molecule has 1 aromatic carbocycles. The highest BCUT2D eigenvalue weighted by Crippen LogP contribution is 2.25. The van der Waals surface area contributed by atoms with Gasteiger partial charge in [-0.1, -0.05) is 23.9 Å². The minimum Gasteiger partial charge on any atom is -0.482 e. The molecule has 7 nitrogen and oxygen atoms in total. The van der Waals surface area contributed by atoms with Crippen LogP contribution >= 0.6 is 11.8 Å². The Bertz CT molecular complexity index is 778. The first kappa shape index (κ1) is 16.2. The molecule has 2 aromatic rings. The van der Waals surface area contributed by atoms with E-state index in [1.54, 1.807) is 39.6 Å². The van der Waals surface area contributed by atoms with Crippen LogP contribution in [0, 0.1) is 5.82 Å². The van der Waals surface area contributed by atoms with E-state index in [9.17, 15) is 9.18 Å². The second-order valence-electron chi connectivity index (χ2n) is 5.88. The summed E-state index contributed by atoms with van der Waals surface area (Å²) in [6.45, 7) is 2.18. The lowest BCUT2D eigenvalue weighted by molar-refractivity contribution is 0.206. The molecule has 2 amide bonds. The summed E-state index contributed by atoms with van der Waals surface area (Å²) in [4.78, 5) is 14.7. The van der Waals surface area contributed by atoms with Gasteiger partial charge in [-0.3, -0.25) is 0 Å². The first-order valence-electron chi connectivity index (χ1n) is 8.25. The van der Waals surface area contributed by atoms with Crippen LogP contribution < -0.4 is 9.75 Å². The summed E-state index contributed by atoms with van der Waals surface area (Å²) in [7, 11) is 0. The molecule has 0 unspecified atom stereocenters. The average Bonchev–Trinajstić information content (AvgIpc) is 3.30. The molecule has 3 heterocycles. The number of ether oxygens (including phenoxy) is 1. The van der Waals surface area contributed by atoms with Gasteiger partial charge in [-0.15, -0.1) is 10.2 Å². The van der Waals surface area contributed by atoms with Gasteiger partial charge in [0.1, 0.15) is 6.61 Å². The van der Waals surface area contributed by atoms with Crippen molar-refractivity contribution in [2.45, 2.75) is 24.6 Å². The minimum atomic E-state index is -0.430. The number of para-hydroxylation sites is 1. The van der Waals surface area contributed by atoms with Gasteiger partial charge < -0.3 is 9.64 Å². The summed E-state index contributed by atoms with van der Waals surface area (Å²) < 4.78 is 21.0. The zero-order chi connectivity index (χ0) is 17.2. The number of hydrogen-bond donors (Lipinski definition) is 0. The molecule has 2 aliphatic rings. The van der Waals surface area contributed by atoms with E-state index in [2.05, 4.69) is 10.2 Å². The predicted octanol–water partition coefficient (Wildman–Crippen LogP) is 2.26. The number of thioether (sulfide) groups is 1. The Morgan fingerprint density at radius 2 is 2.00 bits per heavy atom. The lowest BCUT2D eigenvalue weighted by Crippen LogP contribution is -2.51. The molecule has 2 aliphatic heterocycles. The van der Waals surface area contributed by atoms with Crippen LogP contribution in [0.25, 0.3) is 0 Å². The van der Waals surface area contributed by atoms with Gasteiger partial charge >= 0.3 is 6.03 Å². The summed E-state index contributed by atoms with van der Waals surface area (Å²) in [5.41, 5.74) is 0. The van der Waals surface area contributed by atoms with E-state index in [1.807, 2.05) is 4.90 Å². The third-order valence-corrected chi connectivity index (χ3v) is 5.14. The van der Waals surface area contributed by atoms with Gasteiger partial charge in [0.2, 0.25) is 5.16 Å². The Morgan fingerprint density at radius 1 is 1.20 bits per heavy atom. The summed E-state index contributed by atoms with van der Waals surface area (Å²) in [5.74, 6) is 0.977. The van der Waals surface area contributed by atoms with Crippen LogP contribution in [-0.4, -0.2) is 51.2 Å². The highest BCUT2D eigenvalue weighted by Gasteiger charge is 2.31. The van der Waals surface area contributed by atoms with Gasteiger partial charge in [-0.05, 0) is 25.0 Å². The molecule has 1 aromatic heterocycles. The van der Waals surface area contributed by atoms with Gasteiger partial charge in [0, 0.05) is 18.8 Å². The third-order valence-electron chi connectivity index (χ3n) is 4.24. The second-order valence-corrected chi connectivity index (χ2v) is 6.94. The number of aromatic nitrogens is 3. The number of nitrogens with zero attached hydrogens (tertiary/aromatic N) is 5. The van der Waals surface area contributed by atoms with Crippen molar-refractivity contribution in [3.05, 3.63) is 35.9 Å². The van der Waals surface area contributed by atoms with Crippen LogP contribution in [0.2, 0.25) is 0 Å². The van der Waals surface area contributed by atoms with Crippen molar-refractivity contribution < 1.29 is 13.9 Å². The van der Waals surface area contributed by atoms with Crippen molar-refractivity contribution in [2.75, 3.05) is 30.4 Å². The van der Waals surface area contributed by atoms with E-state index in [0.717, 1.165) is 31.7 Å². The molecule has 0 saturated carbocycles. The van der Waals surface area contributed by atoms with Gasteiger partial charge in [0.25, 0.3) is 0 Å². The zero-order valence-corrected chi connectivity index (χ0v) is 14.4. The molecule has 0 atom stereocenters. The molecule has 0 radical (unpaired) electrons. The van der Waals surface area contributed by atoms with E-state index in [4.69, 9.17) is 4.74 Å². The van der Waals surface area contributed by atoms with E-state index in [-0.39, 0.29) is 18.4 Å². The number of carbonyl (C=O) groups is 1. The largest absolute Gasteiger partial charge is 0.482 e. The van der Waals surface area contributed by atoms with Crippen LogP contribution in [0.1, 0.15) is 18.7 Å². The molecule has 9 heteroatoms. The van der Waals surface area contributed by atoms with Gasteiger partial charge in [-0.25, -0.2) is 18.9 Å². The predicted molar refractivity (Wildman–Crippen MR) is 90.8 cm³/mol. The highest BCUT2D eigenvalue weighted by molar-refractivity contribution is 7.99. The fourth-order valence-corrected chi connectivity index (χ4v) is 3.87. The molecule has 0 spiro atoms. The number of carbonyl (C=O) groups excluding carboxylic acids is 1. The maximum atomic E-state index is 13.7. The maximum absolute atomic E-state index is 13.7. The Kier molecular flexibility index (Phi) is 4.48. The van der Waals surface area contributed by atoms with Gasteiger partial charge in [0.15, 0.2) is 17.4 Å². The average molecular weight is 363 g/mol. The van der Waals surface area contributed by atoms with Crippen molar-refractivity contribution >= 4 is 17.8 Å². The number of benzene rings is 1. The summed E-state index contributed by atoms with van der Waals surface area (Å²) in [6, 6.07) is 6.18. The Labute approximate surface area is 148 Å². The SMILES string of the molecule is O=C(N1CCCC1)N1CCSc2nnc(COc3ccccc3F)n21. The summed E-state index contributed by atoms with van der Waals surface area (Å²) in [6.07, 6.45) is 2.07. The fraction of sp³-hybridized carbons (Fsp3) is 0.438. The second kappa shape index (κ2) is 6.91. The van der Waals surface area contributed by atoms with Gasteiger partial charge in [-0.2, -0.15) is 0 Å². The number of halogens is 1. The summed E-state index contributed by atoms with van der Waals surface area (Å²) >= 11 is 1.55. The number of urea groups is 1. The molecule has 0 aliphatic carbocycles. The van der Waals surface area contributed by atoms with Crippen LogP contribution in [0.3, 0.4) is 0 Å². The van der Waals surface area contributed by atoms with Crippen molar-refractivity contribution in [2.24, 2.45) is 0 Å². The standard InChI is InChI=1S/C16H18FN5O2S/c17-12-5-1-2-6-13(12)24-11-14-18-19-15-22(14)21(9-10-25-15)16(23)20-7-3-4-8-20/h1-2,5-6H,3-4,7-11H2. The van der Waals surface area contributed by atoms with Gasteiger partial charge in [0.05, 0.1) is 6.54 Å². The van der Waals surface area contributed by atoms with E-state index in [1.165, 1.54) is 6.07 Å². The lowest BCUT2D eigenvalue weighted by atomic mass is 10.3. The molecule has 1 saturated heterocycles. The normalized spacial score (nSPS) is 16.8. The smallest absolute Gasteiger partial charge is 0.339 e. The minimum absolute atomic E-state index is 0.0361. The Morgan fingerprint density at radius 3 is 2.80 bits per heavy atom. The Balaban J connectivity index is 1.55. The summed E-state index contributed by atoms with van der Waals surface area (Å²) in [5, 5.41) is 10.6. The van der Waals surface area contributed by atoms with Crippen molar-refractivity contribution in [3.63, 3.8) is 0 Å².